The Hall–Kier alpha value is -1.52. The zero-order chi connectivity index (χ0) is 52.1. The van der Waals surface area contributed by atoms with Crippen LogP contribution in [0.5, 0.6) is 0 Å². The molecule has 0 aliphatic carbocycles. The van der Waals surface area contributed by atoms with E-state index in [-0.39, 0.29) is 47.5 Å². The summed E-state index contributed by atoms with van der Waals surface area (Å²) in [6.07, 6.45) is 49.3. The Kier molecular flexibility index (Phi) is 38.5. The van der Waals surface area contributed by atoms with Crippen LogP contribution in [-0.2, 0) is 45.9 Å². The number of rotatable bonds is 42. The fourth-order valence-electron chi connectivity index (χ4n) is 10.6. The molecule has 408 valence electrons. The minimum absolute atomic E-state index is 0. The molecule has 0 aliphatic rings. The second-order valence-electron chi connectivity index (χ2n) is 21.4. The van der Waals surface area contributed by atoms with Gasteiger partial charge in [0.05, 0.1) is 9.79 Å². The van der Waals surface area contributed by atoms with E-state index in [1.165, 1.54) is 204 Å². The minimum Gasteiger partial charge on any atom is -0.744 e. The number of hydrogen-bond donors (Lipinski definition) is 0. The van der Waals surface area contributed by atoms with Gasteiger partial charge in [0.2, 0.25) is 0 Å². The van der Waals surface area contributed by atoms with Gasteiger partial charge < -0.3 is 9.11 Å². The molecule has 73 heavy (non-hydrogen) atoms. The molecule has 0 saturated heterocycles. The van der Waals surface area contributed by atoms with E-state index >= 15 is 0 Å². The molecule has 0 N–H and O–H groups in total. The normalized spacial score (nSPS) is 11.8. The Morgan fingerprint density at radius 1 is 0.288 bits per heavy atom. The van der Waals surface area contributed by atoms with Crippen LogP contribution in [-0.4, -0.2) is 63.7 Å². The fraction of sp³-hybridized carbons (Fsp3) is 0.688. The average molecular weight is 1070 g/mol. The van der Waals surface area contributed by atoms with Crippen LogP contribution in [0.4, 0.5) is 0 Å². The smallest absolute Gasteiger partial charge is 0.744 e. The van der Waals surface area contributed by atoms with Crippen LogP contribution in [0.15, 0.2) is 70.5 Å². The molecule has 0 aliphatic heterocycles. The van der Waals surface area contributed by atoms with E-state index in [1.807, 2.05) is 0 Å². The monoisotopic (exact) mass is 1070 g/mol. The van der Waals surface area contributed by atoms with Crippen LogP contribution >= 0.6 is 0 Å². The zero-order valence-electron chi connectivity index (χ0n) is 47.0. The van der Waals surface area contributed by atoms with Gasteiger partial charge in [0, 0.05) is 0 Å². The maximum atomic E-state index is 11.9. The first-order valence-corrected chi connectivity index (χ1v) is 32.8. The van der Waals surface area contributed by atoms with Crippen molar-refractivity contribution in [3.05, 3.63) is 82.9 Å². The Balaban J connectivity index is 0.000000493. The van der Waals surface area contributed by atoms with Crippen molar-refractivity contribution in [2.24, 2.45) is 0 Å². The number of benzene rings is 4. The van der Waals surface area contributed by atoms with Crippen LogP contribution in [0.1, 0.15) is 281 Å². The SMILES string of the molecule is CCCCCCCCCCCc1cc(S(=O)(=O)[O-])cc2c(CCCCCCCCCCC)cccc12.CCCCCCCCCCCc1cc(S(=O)(=O)[O-])cc2c(CCCCCCCCCCC)cccc12.[Ca+2]. The van der Waals surface area contributed by atoms with Crippen molar-refractivity contribution in [1.29, 1.82) is 0 Å². The molecule has 4 rings (SSSR count). The summed E-state index contributed by atoms with van der Waals surface area (Å²) in [5.41, 5.74) is 4.38. The number of aryl methyl sites for hydroxylation is 4. The van der Waals surface area contributed by atoms with Crippen LogP contribution in [0.2, 0.25) is 0 Å². The molecule has 0 radical (unpaired) electrons. The molecule has 0 aromatic heterocycles. The second kappa shape index (κ2) is 41.6. The summed E-state index contributed by atoms with van der Waals surface area (Å²) in [6.45, 7) is 9.00. The maximum absolute atomic E-state index is 11.9. The average Bonchev–Trinajstić information content (AvgIpc) is 3.36. The Bertz CT molecular complexity index is 2100. The molecule has 0 atom stereocenters. The van der Waals surface area contributed by atoms with E-state index in [0.717, 1.165) is 96.9 Å². The third kappa shape index (κ3) is 29.2. The van der Waals surface area contributed by atoms with Crippen molar-refractivity contribution in [3.63, 3.8) is 0 Å². The molecule has 0 heterocycles. The quantitative estimate of drug-likeness (QED) is 0.0248. The molecule has 0 bridgehead atoms. The van der Waals surface area contributed by atoms with Crippen LogP contribution in [0.3, 0.4) is 0 Å². The van der Waals surface area contributed by atoms with Crippen molar-refractivity contribution >= 4 is 79.5 Å². The number of fused-ring (bicyclic) bond motifs is 2. The summed E-state index contributed by atoms with van der Waals surface area (Å²) in [4.78, 5) is -0.138. The number of unbranched alkanes of at least 4 members (excludes halogenated alkanes) is 32. The van der Waals surface area contributed by atoms with E-state index < -0.39 is 20.2 Å². The zero-order valence-corrected chi connectivity index (χ0v) is 50.9. The summed E-state index contributed by atoms with van der Waals surface area (Å²) in [5.74, 6) is 0. The van der Waals surface area contributed by atoms with Gasteiger partial charge in [-0.1, -0.05) is 270 Å². The molecule has 0 fully saturated rings. The maximum Gasteiger partial charge on any atom is 2.00 e. The van der Waals surface area contributed by atoms with E-state index in [1.54, 1.807) is 24.3 Å². The summed E-state index contributed by atoms with van der Waals surface area (Å²) < 4.78 is 71.6. The van der Waals surface area contributed by atoms with Gasteiger partial charge in [-0.15, -0.1) is 0 Å². The molecule has 4 aromatic rings. The van der Waals surface area contributed by atoms with E-state index in [4.69, 9.17) is 0 Å². The third-order valence-electron chi connectivity index (χ3n) is 15.1. The van der Waals surface area contributed by atoms with Gasteiger partial charge in [0.25, 0.3) is 0 Å². The van der Waals surface area contributed by atoms with E-state index in [9.17, 15) is 25.9 Å². The van der Waals surface area contributed by atoms with Crippen LogP contribution < -0.4 is 0 Å². The summed E-state index contributed by atoms with van der Waals surface area (Å²) >= 11 is 0. The van der Waals surface area contributed by atoms with Gasteiger partial charge in [-0.25, -0.2) is 16.8 Å². The Morgan fingerprint density at radius 3 is 0.740 bits per heavy atom. The molecule has 4 aromatic carbocycles. The molecule has 0 amide bonds. The second-order valence-corrected chi connectivity index (χ2v) is 24.2. The fourth-order valence-corrected chi connectivity index (χ4v) is 11.7. The Labute approximate surface area is 478 Å². The van der Waals surface area contributed by atoms with Gasteiger partial charge in [0.1, 0.15) is 20.2 Å². The summed E-state index contributed by atoms with van der Waals surface area (Å²) in [5, 5.41) is 4.16. The summed E-state index contributed by atoms with van der Waals surface area (Å²) in [7, 11) is -8.95. The van der Waals surface area contributed by atoms with Crippen molar-refractivity contribution < 1.29 is 25.9 Å². The molecule has 0 saturated carbocycles. The molecule has 0 unspecified atom stereocenters. The molecular weight excluding hydrogens is 969 g/mol. The minimum atomic E-state index is -4.48. The van der Waals surface area contributed by atoms with E-state index in [0.29, 0.717) is 0 Å². The molecular formula is C64H102CaO6S2. The predicted octanol–water partition coefficient (Wildman–Crippen LogP) is 19.4. The van der Waals surface area contributed by atoms with Crippen molar-refractivity contribution in [2.75, 3.05) is 0 Å². The largest absolute Gasteiger partial charge is 2.00 e. The van der Waals surface area contributed by atoms with E-state index in [2.05, 4.69) is 64.1 Å². The standard InChI is InChI=1S/2C32H52O3S.Ca/c2*1-3-5-7-9-11-13-15-17-19-22-28-24-21-25-31-29(26-30(27-32(28)31)36(33,34)35)23-20-18-16-14-12-10-8-6-4-2;/h2*21,24-27H,3-20,22-23H2,1-2H3,(H,33,34,35);/q;;+2/p-2. The molecule has 0 spiro atoms. The van der Waals surface area contributed by atoms with Gasteiger partial charge in [-0.05, 0) is 119 Å². The van der Waals surface area contributed by atoms with Gasteiger partial charge in [0.15, 0.2) is 0 Å². The number of hydrogen-bond acceptors (Lipinski definition) is 6. The van der Waals surface area contributed by atoms with Crippen molar-refractivity contribution in [1.82, 2.24) is 0 Å². The van der Waals surface area contributed by atoms with Gasteiger partial charge >= 0.3 is 37.7 Å². The van der Waals surface area contributed by atoms with Gasteiger partial charge in [-0.3, -0.25) is 0 Å². The third-order valence-corrected chi connectivity index (χ3v) is 16.7. The first-order valence-electron chi connectivity index (χ1n) is 29.9. The first-order chi connectivity index (χ1) is 34.9. The molecule has 9 heteroatoms. The van der Waals surface area contributed by atoms with Crippen LogP contribution in [0, 0.1) is 0 Å². The van der Waals surface area contributed by atoms with Gasteiger partial charge in [-0.2, -0.15) is 0 Å². The van der Waals surface area contributed by atoms with Crippen molar-refractivity contribution in [3.8, 4) is 0 Å². The summed E-state index contributed by atoms with van der Waals surface area (Å²) in [6, 6.07) is 19.1. The Morgan fingerprint density at radius 2 is 0.507 bits per heavy atom. The molecule has 6 nitrogen and oxygen atoms in total. The topological polar surface area (TPSA) is 114 Å². The van der Waals surface area contributed by atoms with Crippen molar-refractivity contribution in [2.45, 2.75) is 294 Å². The van der Waals surface area contributed by atoms with Crippen LogP contribution in [0.25, 0.3) is 21.5 Å². The predicted molar refractivity (Wildman–Crippen MR) is 313 cm³/mol. The first kappa shape index (κ1) is 67.6.